The van der Waals surface area contributed by atoms with Crippen molar-refractivity contribution >= 4 is 101 Å². The molecule has 0 bridgehead atoms. The highest BCUT2D eigenvalue weighted by Gasteiger charge is 2.14. The monoisotopic (exact) mass is 890 g/mol. The summed E-state index contributed by atoms with van der Waals surface area (Å²) in [6, 6.07) is 40.1. The molecule has 6 heterocycles. The Bertz CT molecular complexity index is 3120. The molecule has 3 N–H and O–H groups in total. The summed E-state index contributed by atoms with van der Waals surface area (Å²) in [5.41, 5.74) is 11.5. The van der Waals surface area contributed by atoms with Crippen LogP contribution in [0.1, 0.15) is 87.0 Å². The molecule has 6 aromatic heterocycles. The van der Waals surface area contributed by atoms with E-state index < -0.39 is 0 Å². The number of hydrogen-bond donors (Lipinski definition) is 3. The van der Waals surface area contributed by atoms with Crippen molar-refractivity contribution in [3.8, 4) is 0 Å². The smallest absolute Gasteiger partial charge is 0.140 e. The molecule has 1 aliphatic carbocycles. The zero-order valence-electron chi connectivity index (χ0n) is 35.8. The Labute approximate surface area is 383 Å². The van der Waals surface area contributed by atoms with Crippen LogP contribution >= 0.6 is 34.8 Å². The molecule has 0 saturated heterocycles. The van der Waals surface area contributed by atoms with E-state index in [1.165, 1.54) is 103 Å². The third kappa shape index (κ3) is 10.2. The second-order valence-corrected chi connectivity index (χ2v) is 18.3. The summed E-state index contributed by atoms with van der Waals surface area (Å²) >= 11 is 18.3. The third-order valence-electron chi connectivity index (χ3n) is 12.7. The van der Waals surface area contributed by atoms with Crippen LogP contribution in [-0.2, 0) is 25.7 Å². The lowest BCUT2D eigenvalue weighted by Crippen LogP contribution is -2.07. The minimum atomic E-state index is 0.530. The standard InChI is InChI=1S/C19H21ClN2.C19H15ClN2.C16H17ClN2/c20-18-11-9-15-16-12-14(7-6-13-4-2-1-3-5-13)8-10-17(16)21-19(15)22-18;20-16-10-11-21-19-18(16)15-12-14(8-9-17(15)22-19)7-6-13-4-2-1-3-5-13;1-2-3-4-5-11-6-8-14-13(10-11)12-7-9-15(17)19-16(12)18-14/h8-13H,1-7H2,(H,21,22);1-5,8-12H,6-7H2,(H,21,22);6-10H,2-5H2,1H3,(H,18,19). The van der Waals surface area contributed by atoms with E-state index in [1.807, 2.05) is 24.3 Å². The lowest BCUT2D eigenvalue weighted by Gasteiger charge is -2.21. The molecule has 9 heteroatoms. The van der Waals surface area contributed by atoms with Crippen LogP contribution in [-0.4, -0.2) is 29.9 Å². The highest BCUT2D eigenvalue weighted by atomic mass is 35.5. The zero-order chi connectivity index (χ0) is 43.1. The molecular formula is C54H53Cl3N6. The molecule has 10 aromatic rings. The first kappa shape index (κ1) is 42.9. The Kier molecular flexibility index (Phi) is 13.6. The van der Waals surface area contributed by atoms with Gasteiger partial charge in [0, 0.05) is 55.1 Å². The lowest BCUT2D eigenvalue weighted by atomic mass is 9.85. The van der Waals surface area contributed by atoms with E-state index in [-0.39, 0.29) is 0 Å². The summed E-state index contributed by atoms with van der Waals surface area (Å²) < 4.78 is 0. The number of fused-ring (bicyclic) bond motifs is 9. The third-order valence-corrected chi connectivity index (χ3v) is 13.4. The number of pyridine rings is 3. The Morgan fingerprint density at radius 2 is 1.06 bits per heavy atom. The molecule has 4 aromatic carbocycles. The van der Waals surface area contributed by atoms with Crippen LogP contribution in [0.5, 0.6) is 0 Å². The number of rotatable bonds is 10. The lowest BCUT2D eigenvalue weighted by molar-refractivity contribution is 0.339. The average molecular weight is 892 g/mol. The van der Waals surface area contributed by atoms with Crippen LogP contribution in [0.2, 0.25) is 15.3 Å². The minimum Gasteiger partial charge on any atom is -0.339 e. The first-order valence-electron chi connectivity index (χ1n) is 22.6. The van der Waals surface area contributed by atoms with E-state index in [0.717, 1.165) is 79.9 Å². The second-order valence-electron chi connectivity index (χ2n) is 17.1. The molecule has 0 unspecified atom stereocenters. The van der Waals surface area contributed by atoms with Crippen LogP contribution in [0.4, 0.5) is 0 Å². The van der Waals surface area contributed by atoms with Gasteiger partial charge in [-0.3, -0.25) is 0 Å². The Morgan fingerprint density at radius 1 is 0.508 bits per heavy atom. The largest absolute Gasteiger partial charge is 0.339 e. The maximum absolute atomic E-state index is 6.34. The maximum atomic E-state index is 6.34. The Morgan fingerprint density at radius 3 is 1.70 bits per heavy atom. The predicted octanol–water partition coefficient (Wildman–Crippen LogP) is 16.1. The molecular weight excluding hydrogens is 839 g/mol. The van der Waals surface area contributed by atoms with Gasteiger partial charge in [0.25, 0.3) is 0 Å². The molecule has 0 spiro atoms. The normalized spacial score (nSPS) is 13.2. The number of hydrogen-bond acceptors (Lipinski definition) is 3. The van der Waals surface area contributed by atoms with E-state index in [1.54, 1.807) is 6.20 Å². The van der Waals surface area contributed by atoms with Crippen molar-refractivity contribution in [3.63, 3.8) is 0 Å². The highest BCUT2D eigenvalue weighted by Crippen LogP contribution is 2.33. The number of aromatic amines is 3. The van der Waals surface area contributed by atoms with Crippen LogP contribution in [0.25, 0.3) is 65.8 Å². The quantitative estimate of drug-likeness (QED) is 0.0944. The molecule has 0 radical (unpaired) electrons. The van der Waals surface area contributed by atoms with Crippen LogP contribution in [0.3, 0.4) is 0 Å². The van der Waals surface area contributed by atoms with Gasteiger partial charge in [0.15, 0.2) is 0 Å². The van der Waals surface area contributed by atoms with E-state index in [0.29, 0.717) is 10.3 Å². The summed E-state index contributed by atoms with van der Waals surface area (Å²) in [6.07, 6.45) is 18.4. The zero-order valence-corrected chi connectivity index (χ0v) is 38.1. The van der Waals surface area contributed by atoms with Gasteiger partial charge >= 0.3 is 0 Å². The van der Waals surface area contributed by atoms with Gasteiger partial charge in [-0.15, -0.1) is 0 Å². The summed E-state index contributed by atoms with van der Waals surface area (Å²) in [5.74, 6) is 0.938. The van der Waals surface area contributed by atoms with Gasteiger partial charge in [0.2, 0.25) is 0 Å². The molecule has 1 aliphatic rings. The van der Waals surface area contributed by atoms with Crippen molar-refractivity contribution in [2.75, 3.05) is 0 Å². The highest BCUT2D eigenvalue weighted by molar-refractivity contribution is 6.37. The topological polar surface area (TPSA) is 86.0 Å². The Balaban J connectivity index is 0.000000120. The van der Waals surface area contributed by atoms with Gasteiger partial charge in [-0.1, -0.05) is 135 Å². The number of H-pyrrole nitrogens is 3. The van der Waals surface area contributed by atoms with E-state index in [9.17, 15) is 0 Å². The molecule has 1 fully saturated rings. The van der Waals surface area contributed by atoms with Crippen molar-refractivity contribution in [1.82, 2.24) is 29.9 Å². The number of nitrogens with one attached hydrogen (secondary N) is 3. The van der Waals surface area contributed by atoms with Gasteiger partial charge in [0.05, 0.1) is 5.02 Å². The number of aromatic nitrogens is 6. The summed E-state index contributed by atoms with van der Waals surface area (Å²) in [4.78, 5) is 23.1. The van der Waals surface area contributed by atoms with Gasteiger partial charge in [-0.05, 0) is 133 Å². The molecule has 320 valence electrons. The molecule has 63 heavy (non-hydrogen) atoms. The van der Waals surface area contributed by atoms with Gasteiger partial charge in [0.1, 0.15) is 27.2 Å². The van der Waals surface area contributed by atoms with Crippen LogP contribution in [0.15, 0.2) is 121 Å². The molecule has 0 aliphatic heterocycles. The van der Waals surface area contributed by atoms with Crippen molar-refractivity contribution in [1.29, 1.82) is 0 Å². The first-order chi connectivity index (χ1) is 30.9. The number of unbranched alkanes of at least 4 members (excludes halogenated alkanes) is 2. The van der Waals surface area contributed by atoms with Crippen molar-refractivity contribution in [2.24, 2.45) is 5.92 Å². The Hall–Kier alpha value is -5.40. The average Bonchev–Trinajstić information content (AvgIpc) is 3.99. The molecule has 11 rings (SSSR count). The van der Waals surface area contributed by atoms with Gasteiger partial charge in [-0.25, -0.2) is 15.0 Å². The van der Waals surface area contributed by atoms with E-state index in [2.05, 4.69) is 128 Å². The number of halogens is 3. The van der Waals surface area contributed by atoms with Crippen LogP contribution < -0.4 is 0 Å². The minimum absolute atomic E-state index is 0.530. The SMILES string of the molecule is CCCCCc1ccc2[nH]c3nc(Cl)ccc3c2c1.Clc1ccc2c(n1)[nH]c1ccc(CCC3CCCCC3)cc12.Clc1ccnc2[nH]c3ccc(CCc4ccccc4)cc3c12. The number of aryl methyl sites for hydroxylation is 4. The van der Waals surface area contributed by atoms with Crippen LogP contribution in [0, 0.1) is 5.92 Å². The fourth-order valence-corrected chi connectivity index (χ4v) is 9.79. The number of nitrogens with zero attached hydrogens (tertiary/aromatic N) is 3. The predicted molar refractivity (Wildman–Crippen MR) is 268 cm³/mol. The van der Waals surface area contributed by atoms with Crippen molar-refractivity contribution in [2.45, 2.75) is 90.4 Å². The van der Waals surface area contributed by atoms with Crippen molar-refractivity contribution in [3.05, 3.63) is 159 Å². The second kappa shape index (κ2) is 20.0. The summed E-state index contributed by atoms with van der Waals surface area (Å²) in [6.45, 7) is 2.23. The first-order valence-corrected chi connectivity index (χ1v) is 23.7. The molecule has 6 nitrogen and oxygen atoms in total. The maximum Gasteiger partial charge on any atom is 0.140 e. The van der Waals surface area contributed by atoms with Crippen molar-refractivity contribution < 1.29 is 0 Å². The number of benzene rings is 4. The van der Waals surface area contributed by atoms with E-state index >= 15 is 0 Å². The molecule has 0 amide bonds. The fraction of sp³-hybridized carbons (Fsp3) is 0.278. The van der Waals surface area contributed by atoms with Gasteiger partial charge < -0.3 is 15.0 Å². The fourth-order valence-electron chi connectivity index (χ4n) is 9.25. The summed E-state index contributed by atoms with van der Waals surface area (Å²) in [5, 5.41) is 8.80. The van der Waals surface area contributed by atoms with E-state index in [4.69, 9.17) is 34.8 Å². The molecule has 1 saturated carbocycles. The van der Waals surface area contributed by atoms with Gasteiger partial charge in [-0.2, -0.15) is 0 Å². The molecule has 0 atom stereocenters. The summed E-state index contributed by atoms with van der Waals surface area (Å²) in [7, 11) is 0.